The number of imidazole rings is 1. The monoisotopic (exact) mass is 252 g/mol. The molecule has 1 aromatic heterocycles. The van der Waals surface area contributed by atoms with Gasteiger partial charge in [0.1, 0.15) is 0 Å². The highest BCUT2D eigenvalue weighted by atomic mass is 15.2. The molecule has 18 heavy (non-hydrogen) atoms. The molecule has 1 heterocycles. The van der Waals surface area contributed by atoms with Crippen molar-refractivity contribution in [2.45, 2.75) is 59.7 Å². The summed E-state index contributed by atoms with van der Waals surface area (Å²) in [6.07, 6.45) is 5.04. The molecule has 0 saturated carbocycles. The van der Waals surface area contributed by atoms with Gasteiger partial charge in [0.25, 0.3) is 0 Å². The third-order valence-electron chi connectivity index (χ3n) is 3.17. The molecule has 0 amide bonds. The van der Waals surface area contributed by atoms with Crippen molar-refractivity contribution in [3.8, 4) is 0 Å². The molecule has 4 nitrogen and oxygen atoms in total. The normalized spacial score (nSPS) is 11.8. The van der Waals surface area contributed by atoms with Gasteiger partial charge in [-0.3, -0.25) is 4.90 Å². The Morgan fingerprint density at radius 1 is 1.28 bits per heavy atom. The summed E-state index contributed by atoms with van der Waals surface area (Å²) in [5.74, 6) is 0.990. The summed E-state index contributed by atoms with van der Waals surface area (Å²) in [6.45, 7) is 14.2. The average molecular weight is 252 g/mol. The average Bonchev–Trinajstić information content (AvgIpc) is 2.73. The van der Waals surface area contributed by atoms with Crippen molar-refractivity contribution in [3.63, 3.8) is 0 Å². The minimum Gasteiger partial charge on any atom is -0.356 e. The maximum absolute atomic E-state index is 4.35. The molecule has 0 aromatic carbocycles. The van der Waals surface area contributed by atoms with Crippen molar-refractivity contribution in [1.29, 1.82) is 0 Å². The fourth-order valence-corrected chi connectivity index (χ4v) is 2.23. The van der Waals surface area contributed by atoms with Crippen LogP contribution in [0.3, 0.4) is 0 Å². The maximum Gasteiger partial charge on any atom is 0.202 e. The highest BCUT2D eigenvalue weighted by Crippen LogP contribution is 2.08. The molecule has 1 rings (SSSR count). The number of aromatic nitrogens is 2. The van der Waals surface area contributed by atoms with E-state index in [9.17, 15) is 0 Å². The van der Waals surface area contributed by atoms with Gasteiger partial charge in [-0.2, -0.15) is 0 Å². The van der Waals surface area contributed by atoms with Gasteiger partial charge in [0.15, 0.2) is 0 Å². The van der Waals surface area contributed by atoms with Gasteiger partial charge in [-0.05, 0) is 34.1 Å². The summed E-state index contributed by atoms with van der Waals surface area (Å²) < 4.78 is 2.20. The van der Waals surface area contributed by atoms with Crippen molar-refractivity contribution in [3.05, 3.63) is 12.4 Å². The maximum atomic E-state index is 4.35. The van der Waals surface area contributed by atoms with Gasteiger partial charge < -0.3 is 9.88 Å². The number of nitrogens with zero attached hydrogens (tertiary/aromatic N) is 3. The van der Waals surface area contributed by atoms with Crippen LogP contribution >= 0.6 is 0 Å². The minimum atomic E-state index is 0.584. The van der Waals surface area contributed by atoms with Crippen LogP contribution in [-0.4, -0.2) is 39.6 Å². The van der Waals surface area contributed by atoms with E-state index in [1.165, 1.54) is 0 Å². The van der Waals surface area contributed by atoms with E-state index in [0.29, 0.717) is 12.1 Å². The van der Waals surface area contributed by atoms with Gasteiger partial charge in [-0.15, -0.1) is 0 Å². The predicted molar refractivity (Wildman–Crippen MR) is 78.0 cm³/mol. The second-order valence-electron chi connectivity index (χ2n) is 5.30. The Kier molecular flexibility index (Phi) is 6.19. The molecule has 0 fully saturated rings. The van der Waals surface area contributed by atoms with Gasteiger partial charge >= 0.3 is 0 Å². The van der Waals surface area contributed by atoms with Crippen LogP contribution < -0.4 is 5.32 Å². The molecule has 1 N–H and O–H groups in total. The van der Waals surface area contributed by atoms with Gasteiger partial charge in [0, 0.05) is 44.1 Å². The van der Waals surface area contributed by atoms with Crippen LogP contribution in [0.15, 0.2) is 12.4 Å². The van der Waals surface area contributed by atoms with Crippen molar-refractivity contribution in [1.82, 2.24) is 14.5 Å². The van der Waals surface area contributed by atoms with Crippen molar-refractivity contribution < 1.29 is 0 Å². The lowest BCUT2D eigenvalue weighted by atomic mass is 10.2. The van der Waals surface area contributed by atoms with Gasteiger partial charge in [-0.25, -0.2) is 4.98 Å². The summed E-state index contributed by atoms with van der Waals surface area (Å²) in [5.41, 5.74) is 0. The molecule has 0 aliphatic heterocycles. The molecular weight excluding hydrogens is 224 g/mol. The molecule has 0 unspecified atom stereocenters. The summed E-state index contributed by atoms with van der Waals surface area (Å²) >= 11 is 0. The molecule has 1 aromatic rings. The lowest BCUT2D eigenvalue weighted by Gasteiger charge is -2.30. The first-order valence-corrected chi connectivity index (χ1v) is 7.07. The molecule has 0 radical (unpaired) electrons. The SMILES string of the molecule is CCCNc1nccn1CCN(C(C)C)C(C)C. The molecule has 0 aliphatic carbocycles. The third-order valence-corrected chi connectivity index (χ3v) is 3.17. The fourth-order valence-electron chi connectivity index (χ4n) is 2.23. The number of rotatable bonds is 8. The molecule has 0 saturated heterocycles. The Hall–Kier alpha value is -1.03. The summed E-state index contributed by atoms with van der Waals surface area (Å²) in [6, 6.07) is 1.17. The smallest absolute Gasteiger partial charge is 0.202 e. The standard InChI is InChI=1S/C14H28N4/c1-6-7-15-14-16-8-9-17(14)10-11-18(12(2)3)13(4)5/h8-9,12-13H,6-7,10-11H2,1-5H3,(H,15,16). The topological polar surface area (TPSA) is 33.1 Å². The first-order valence-electron chi connectivity index (χ1n) is 7.07. The Balaban J connectivity index is 2.54. The van der Waals surface area contributed by atoms with Crippen molar-refractivity contribution in [2.24, 2.45) is 0 Å². The largest absolute Gasteiger partial charge is 0.356 e. The zero-order chi connectivity index (χ0) is 13.5. The second-order valence-corrected chi connectivity index (χ2v) is 5.30. The quantitative estimate of drug-likeness (QED) is 0.772. The van der Waals surface area contributed by atoms with Gasteiger partial charge in [0.05, 0.1) is 0 Å². The zero-order valence-electron chi connectivity index (χ0n) is 12.5. The van der Waals surface area contributed by atoms with Crippen LogP contribution in [0.4, 0.5) is 5.95 Å². The van der Waals surface area contributed by atoms with Crippen LogP contribution in [0.2, 0.25) is 0 Å². The van der Waals surface area contributed by atoms with E-state index in [1.54, 1.807) is 0 Å². The van der Waals surface area contributed by atoms with Gasteiger partial charge in [-0.1, -0.05) is 6.92 Å². The summed E-state index contributed by atoms with van der Waals surface area (Å²) in [4.78, 5) is 6.86. The Bertz CT molecular complexity index is 322. The number of anilines is 1. The van der Waals surface area contributed by atoms with E-state index in [0.717, 1.165) is 32.0 Å². The van der Waals surface area contributed by atoms with Crippen molar-refractivity contribution in [2.75, 3.05) is 18.4 Å². The first-order chi connectivity index (χ1) is 8.56. The van der Waals surface area contributed by atoms with E-state index in [4.69, 9.17) is 0 Å². The molecule has 0 atom stereocenters. The Morgan fingerprint density at radius 2 is 1.94 bits per heavy atom. The Morgan fingerprint density at radius 3 is 2.50 bits per heavy atom. The summed E-state index contributed by atoms with van der Waals surface area (Å²) in [5, 5.41) is 3.36. The molecule has 0 spiro atoms. The predicted octanol–water partition coefficient (Wildman–Crippen LogP) is 2.82. The highest BCUT2D eigenvalue weighted by Gasteiger charge is 2.13. The number of hydrogen-bond donors (Lipinski definition) is 1. The molecule has 0 bridgehead atoms. The fraction of sp³-hybridized carbons (Fsp3) is 0.786. The zero-order valence-corrected chi connectivity index (χ0v) is 12.5. The van der Waals surface area contributed by atoms with Crippen LogP contribution in [0, 0.1) is 0 Å². The summed E-state index contributed by atoms with van der Waals surface area (Å²) in [7, 11) is 0. The third kappa shape index (κ3) is 4.33. The second kappa shape index (κ2) is 7.41. The lowest BCUT2D eigenvalue weighted by molar-refractivity contribution is 0.168. The lowest BCUT2D eigenvalue weighted by Crippen LogP contribution is -2.39. The van der Waals surface area contributed by atoms with E-state index in [2.05, 4.69) is 60.6 Å². The van der Waals surface area contributed by atoms with Crippen LogP contribution in [-0.2, 0) is 6.54 Å². The highest BCUT2D eigenvalue weighted by molar-refractivity contribution is 5.25. The molecule has 0 aliphatic rings. The first kappa shape index (κ1) is 15.0. The molecule has 104 valence electrons. The van der Waals surface area contributed by atoms with E-state index < -0.39 is 0 Å². The molecule has 4 heteroatoms. The number of nitrogens with one attached hydrogen (secondary N) is 1. The Labute approximate surface area is 111 Å². The van der Waals surface area contributed by atoms with Crippen LogP contribution in [0.1, 0.15) is 41.0 Å². The van der Waals surface area contributed by atoms with Crippen molar-refractivity contribution >= 4 is 5.95 Å². The van der Waals surface area contributed by atoms with Gasteiger partial charge in [0.2, 0.25) is 5.95 Å². The van der Waals surface area contributed by atoms with E-state index in [-0.39, 0.29) is 0 Å². The van der Waals surface area contributed by atoms with Crippen LogP contribution in [0.5, 0.6) is 0 Å². The van der Waals surface area contributed by atoms with Crippen LogP contribution in [0.25, 0.3) is 0 Å². The number of hydrogen-bond acceptors (Lipinski definition) is 3. The van der Waals surface area contributed by atoms with E-state index in [1.807, 2.05) is 6.20 Å². The van der Waals surface area contributed by atoms with E-state index >= 15 is 0 Å². The molecular formula is C14H28N4. The minimum absolute atomic E-state index is 0.584.